The Morgan fingerprint density at radius 3 is 3.05 bits per heavy atom. The second-order valence-corrected chi connectivity index (χ2v) is 6.21. The first kappa shape index (κ1) is 14.5. The summed E-state index contributed by atoms with van der Waals surface area (Å²) in [7, 11) is 0. The molecule has 1 amide bonds. The molecule has 6 nitrogen and oxygen atoms in total. The van der Waals surface area contributed by atoms with Gasteiger partial charge in [-0.05, 0) is 24.8 Å². The summed E-state index contributed by atoms with van der Waals surface area (Å²) in [6.45, 7) is 3.35. The zero-order valence-electron chi connectivity index (χ0n) is 12.4. The van der Waals surface area contributed by atoms with E-state index in [2.05, 4.69) is 22.4 Å². The smallest absolute Gasteiger partial charge is 0.226 e. The van der Waals surface area contributed by atoms with Crippen LogP contribution in [0.3, 0.4) is 0 Å². The van der Waals surface area contributed by atoms with Gasteiger partial charge >= 0.3 is 0 Å². The van der Waals surface area contributed by atoms with Crippen molar-refractivity contribution in [2.45, 2.75) is 50.9 Å². The highest BCUT2D eigenvalue weighted by Gasteiger charge is 2.43. The van der Waals surface area contributed by atoms with E-state index >= 15 is 0 Å². The quantitative estimate of drug-likeness (QED) is 0.879. The highest BCUT2D eigenvalue weighted by Crippen LogP contribution is 2.39. The molecule has 0 bridgehead atoms. The summed E-state index contributed by atoms with van der Waals surface area (Å²) in [6, 6.07) is 1.80. The minimum absolute atomic E-state index is 0.0268. The molecule has 2 aliphatic rings. The van der Waals surface area contributed by atoms with Crippen molar-refractivity contribution in [2.24, 2.45) is 5.92 Å². The first-order chi connectivity index (χ1) is 10.2. The number of hydrogen-bond donors (Lipinski definition) is 2. The van der Waals surface area contributed by atoms with Gasteiger partial charge in [-0.3, -0.25) is 9.89 Å². The molecule has 3 rings (SSSR count). The van der Waals surface area contributed by atoms with E-state index in [-0.39, 0.29) is 17.8 Å². The molecule has 1 aliphatic heterocycles. The summed E-state index contributed by atoms with van der Waals surface area (Å²) in [4.78, 5) is 11.8. The lowest BCUT2D eigenvalue weighted by Crippen LogP contribution is -2.38. The molecule has 21 heavy (non-hydrogen) atoms. The number of aromatic nitrogens is 2. The van der Waals surface area contributed by atoms with Crippen LogP contribution in [0.4, 0.5) is 0 Å². The van der Waals surface area contributed by atoms with Gasteiger partial charge in [0.1, 0.15) is 6.10 Å². The number of nitrogens with one attached hydrogen (secondary N) is 2. The van der Waals surface area contributed by atoms with E-state index in [4.69, 9.17) is 9.47 Å². The Balaban J connectivity index is 1.42. The Kier molecular flexibility index (Phi) is 4.26. The standard InChI is InChI=1S/C15H23N3O3/c1-11-2-5-15(6-3-11)20-10-13(21-15)9-16-14(19)8-12-4-7-17-18-12/h4,7,11,13H,2-3,5-6,8-10H2,1H3,(H,16,19)(H,17,18)/t11?,13-,15?/m1/s1. The van der Waals surface area contributed by atoms with Crippen LogP contribution in [0.5, 0.6) is 0 Å². The average molecular weight is 293 g/mol. The van der Waals surface area contributed by atoms with Gasteiger partial charge in [0.25, 0.3) is 0 Å². The van der Waals surface area contributed by atoms with Gasteiger partial charge < -0.3 is 14.8 Å². The number of H-pyrrole nitrogens is 1. The third-order valence-corrected chi connectivity index (χ3v) is 4.39. The highest BCUT2D eigenvalue weighted by atomic mass is 16.7. The number of aromatic amines is 1. The molecule has 2 N–H and O–H groups in total. The number of hydrogen-bond acceptors (Lipinski definition) is 4. The van der Waals surface area contributed by atoms with Crippen molar-refractivity contribution in [2.75, 3.05) is 13.2 Å². The van der Waals surface area contributed by atoms with Crippen LogP contribution >= 0.6 is 0 Å². The van der Waals surface area contributed by atoms with Crippen LogP contribution in [0.1, 0.15) is 38.3 Å². The first-order valence-corrected chi connectivity index (χ1v) is 7.72. The van der Waals surface area contributed by atoms with Gasteiger partial charge in [-0.2, -0.15) is 5.10 Å². The Hall–Kier alpha value is -1.40. The summed E-state index contributed by atoms with van der Waals surface area (Å²) in [5.41, 5.74) is 0.814. The zero-order valence-corrected chi connectivity index (χ0v) is 12.4. The van der Waals surface area contributed by atoms with Crippen molar-refractivity contribution in [1.82, 2.24) is 15.5 Å². The first-order valence-electron chi connectivity index (χ1n) is 7.72. The summed E-state index contributed by atoms with van der Waals surface area (Å²) in [6.07, 6.45) is 6.15. The molecule has 1 spiro atoms. The normalized spacial score (nSPS) is 32.4. The summed E-state index contributed by atoms with van der Waals surface area (Å²) < 4.78 is 12.0. The minimum Gasteiger partial charge on any atom is -0.353 e. The number of carbonyl (C=O) groups excluding carboxylic acids is 1. The van der Waals surface area contributed by atoms with E-state index in [0.717, 1.165) is 37.3 Å². The SMILES string of the molecule is CC1CCC2(CC1)OC[C@@H](CNC(=O)Cc1ccn[nH]1)O2. The van der Waals surface area contributed by atoms with E-state index in [1.165, 1.54) is 0 Å². The Labute approximate surface area is 124 Å². The average Bonchev–Trinajstić information content (AvgIpc) is 3.11. The monoisotopic (exact) mass is 293 g/mol. The van der Waals surface area contributed by atoms with Gasteiger partial charge in [0.15, 0.2) is 5.79 Å². The van der Waals surface area contributed by atoms with Crippen LogP contribution in [-0.4, -0.2) is 41.1 Å². The van der Waals surface area contributed by atoms with Crippen LogP contribution in [0.15, 0.2) is 12.3 Å². The van der Waals surface area contributed by atoms with Crippen LogP contribution in [0.25, 0.3) is 0 Å². The molecule has 1 aliphatic carbocycles. The maximum Gasteiger partial charge on any atom is 0.226 e. The van der Waals surface area contributed by atoms with E-state index in [1.807, 2.05) is 0 Å². The van der Waals surface area contributed by atoms with E-state index < -0.39 is 0 Å². The molecule has 1 atom stereocenters. The molecule has 2 heterocycles. The third-order valence-electron chi connectivity index (χ3n) is 4.39. The number of carbonyl (C=O) groups is 1. The fourth-order valence-corrected chi connectivity index (χ4v) is 3.03. The Morgan fingerprint density at radius 1 is 1.52 bits per heavy atom. The van der Waals surface area contributed by atoms with Crippen molar-refractivity contribution in [3.05, 3.63) is 18.0 Å². The predicted molar refractivity (Wildman–Crippen MR) is 76.5 cm³/mol. The molecule has 0 radical (unpaired) electrons. The molecule has 116 valence electrons. The fraction of sp³-hybridized carbons (Fsp3) is 0.733. The lowest BCUT2D eigenvalue weighted by Gasteiger charge is -2.34. The molecule has 6 heteroatoms. The van der Waals surface area contributed by atoms with Crippen molar-refractivity contribution in [1.29, 1.82) is 0 Å². The maximum atomic E-state index is 11.8. The summed E-state index contributed by atoms with van der Waals surface area (Å²) >= 11 is 0. The van der Waals surface area contributed by atoms with Crippen LogP contribution in [0.2, 0.25) is 0 Å². The second-order valence-electron chi connectivity index (χ2n) is 6.21. The molecular formula is C15H23N3O3. The van der Waals surface area contributed by atoms with Crippen LogP contribution < -0.4 is 5.32 Å². The number of ether oxygens (including phenoxy) is 2. The van der Waals surface area contributed by atoms with Crippen molar-refractivity contribution < 1.29 is 14.3 Å². The lowest BCUT2D eigenvalue weighted by atomic mass is 9.86. The van der Waals surface area contributed by atoms with Crippen molar-refractivity contribution in [3.63, 3.8) is 0 Å². The number of rotatable bonds is 4. The maximum absolute atomic E-state index is 11.8. The van der Waals surface area contributed by atoms with E-state index in [0.29, 0.717) is 19.6 Å². The molecule has 1 saturated heterocycles. The van der Waals surface area contributed by atoms with Crippen molar-refractivity contribution >= 4 is 5.91 Å². The van der Waals surface area contributed by atoms with Gasteiger partial charge in [0.05, 0.1) is 13.0 Å². The zero-order chi connectivity index (χ0) is 14.7. The fourth-order valence-electron chi connectivity index (χ4n) is 3.03. The molecule has 2 fully saturated rings. The third kappa shape index (κ3) is 3.63. The van der Waals surface area contributed by atoms with Gasteiger partial charge in [-0.1, -0.05) is 6.92 Å². The Morgan fingerprint density at radius 2 is 2.33 bits per heavy atom. The summed E-state index contributed by atoms with van der Waals surface area (Å²) in [5, 5.41) is 9.51. The van der Waals surface area contributed by atoms with Gasteiger partial charge in [0, 0.05) is 31.3 Å². The topological polar surface area (TPSA) is 76.2 Å². The molecule has 1 aromatic rings. The molecule has 0 aromatic carbocycles. The van der Waals surface area contributed by atoms with Crippen LogP contribution in [-0.2, 0) is 20.7 Å². The predicted octanol–water partition coefficient (Wildman–Crippen LogP) is 1.39. The van der Waals surface area contributed by atoms with Gasteiger partial charge in [0.2, 0.25) is 5.91 Å². The van der Waals surface area contributed by atoms with Crippen molar-refractivity contribution in [3.8, 4) is 0 Å². The minimum atomic E-state index is -0.384. The lowest BCUT2D eigenvalue weighted by molar-refractivity contribution is -0.191. The highest BCUT2D eigenvalue weighted by molar-refractivity contribution is 5.78. The van der Waals surface area contributed by atoms with Gasteiger partial charge in [-0.15, -0.1) is 0 Å². The van der Waals surface area contributed by atoms with Gasteiger partial charge in [-0.25, -0.2) is 0 Å². The van der Waals surface area contributed by atoms with E-state index in [9.17, 15) is 4.79 Å². The number of amides is 1. The summed E-state index contributed by atoms with van der Waals surface area (Å²) in [5.74, 6) is 0.350. The number of nitrogens with zero attached hydrogens (tertiary/aromatic N) is 1. The Bertz CT molecular complexity index is 467. The van der Waals surface area contributed by atoms with Crippen LogP contribution in [0, 0.1) is 5.92 Å². The second kappa shape index (κ2) is 6.15. The van der Waals surface area contributed by atoms with E-state index in [1.54, 1.807) is 12.3 Å². The molecule has 0 unspecified atom stereocenters. The molecular weight excluding hydrogens is 270 g/mol. The molecule has 1 aromatic heterocycles. The molecule has 1 saturated carbocycles. The largest absolute Gasteiger partial charge is 0.353 e.